The number of furan rings is 1. The van der Waals surface area contributed by atoms with Crippen LogP contribution in [0.1, 0.15) is 5.76 Å². The molecular weight excluding hydrogens is 419 g/mol. The van der Waals surface area contributed by atoms with Crippen LogP contribution in [0.4, 0.5) is 5.69 Å². The van der Waals surface area contributed by atoms with Gasteiger partial charge < -0.3 is 9.73 Å². The van der Waals surface area contributed by atoms with Crippen molar-refractivity contribution in [1.29, 1.82) is 5.26 Å². The number of nitriles is 1. The monoisotopic (exact) mass is 432 g/mol. The molecule has 0 atom stereocenters. The highest BCUT2D eigenvalue weighted by Crippen LogP contribution is 2.32. The van der Waals surface area contributed by atoms with Crippen molar-refractivity contribution in [2.75, 3.05) is 5.32 Å². The summed E-state index contributed by atoms with van der Waals surface area (Å²) in [5.74, 6) is 0.318. The molecule has 1 aromatic heterocycles. The second kappa shape index (κ2) is 8.46. The molecule has 4 aromatic rings. The summed E-state index contributed by atoms with van der Waals surface area (Å²) in [6.07, 6.45) is 1.39. The van der Waals surface area contributed by atoms with Crippen LogP contribution in [-0.2, 0) is 4.79 Å². The second-order valence-corrected chi connectivity index (χ2v) is 7.36. The fraction of sp³-hybridized carbons (Fsp3) is 0. The maximum atomic E-state index is 12.6. The Morgan fingerprint density at radius 3 is 2.57 bits per heavy atom. The first kappa shape index (κ1) is 19.8. The highest BCUT2D eigenvalue weighted by molar-refractivity contribution is 6.35. The zero-order valence-corrected chi connectivity index (χ0v) is 17.0. The summed E-state index contributed by atoms with van der Waals surface area (Å²) in [6, 6.07) is 23.7. The molecule has 1 amide bonds. The second-order valence-electron chi connectivity index (χ2n) is 6.51. The fourth-order valence-corrected chi connectivity index (χ4v) is 3.40. The SMILES string of the molecule is N#CC(=Cc1ccc(-c2cc(Cl)ccc2Cl)o1)C(=O)Nc1ccc2ccccc2c1. The van der Waals surface area contributed by atoms with E-state index in [2.05, 4.69) is 5.32 Å². The van der Waals surface area contributed by atoms with E-state index in [-0.39, 0.29) is 5.57 Å². The van der Waals surface area contributed by atoms with E-state index in [1.807, 2.05) is 42.5 Å². The summed E-state index contributed by atoms with van der Waals surface area (Å²) in [5.41, 5.74) is 1.15. The molecule has 3 aromatic carbocycles. The third-order valence-electron chi connectivity index (χ3n) is 4.48. The van der Waals surface area contributed by atoms with Crippen molar-refractivity contribution in [3.05, 3.63) is 94.2 Å². The minimum Gasteiger partial charge on any atom is -0.457 e. The Balaban J connectivity index is 1.57. The number of nitrogens with one attached hydrogen (secondary N) is 1. The summed E-state index contributed by atoms with van der Waals surface area (Å²) in [7, 11) is 0. The normalized spacial score (nSPS) is 11.3. The van der Waals surface area contributed by atoms with Gasteiger partial charge in [-0.1, -0.05) is 53.5 Å². The molecule has 0 saturated heterocycles. The molecule has 4 nitrogen and oxygen atoms in total. The van der Waals surface area contributed by atoms with Crippen LogP contribution in [0.25, 0.3) is 28.2 Å². The highest BCUT2D eigenvalue weighted by Gasteiger charge is 2.13. The van der Waals surface area contributed by atoms with E-state index in [4.69, 9.17) is 27.6 Å². The van der Waals surface area contributed by atoms with Crippen molar-refractivity contribution in [3.63, 3.8) is 0 Å². The van der Waals surface area contributed by atoms with Gasteiger partial charge in [0.2, 0.25) is 0 Å². The fourth-order valence-electron chi connectivity index (χ4n) is 3.02. The number of hydrogen-bond acceptors (Lipinski definition) is 3. The van der Waals surface area contributed by atoms with E-state index in [1.165, 1.54) is 6.08 Å². The van der Waals surface area contributed by atoms with E-state index in [0.29, 0.717) is 32.8 Å². The number of benzene rings is 3. The van der Waals surface area contributed by atoms with Gasteiger partial charge in [0.15, 0.2) is 0 Å². The maximum Gasteiger partial charge on any atom is 0.266 e. The molecule has 0 radical (unpaired) electrons. The number of anilines is 1. The molecule has 1 N–H and O–H groups in total. The molecular formula is C24H14Cl2N2O2. The Kier molecular flexibility index (Phi) is 5.58. The molecule has 0 unspecified atom stereocenters. The van der Waals surface area contributed by atoms with Gasteiger partial charge in [0.25, 0.3) is 5.91 Å². The van der Waals surface area contributed by atoms with Crippen molar-refractivity contribution in [2.24, 2.45) is 0 Å². The molecule has 1 heterocycles. The van der Waals surface area contributed by atoms with Crippen molar-refractivity contribution in [2.45, 2.75) is 0 Å². The summed E-state index contributed by atoms with van der Waals surface area (Å²) in [6.45, 7) is 0. The molecule has 0 saturated carbocycles. The summed E-state index contributed by atoms with van der Waals surface area (Å²) >= 11 is 12.2. The Morgan fingerprint density at radius 1 is 0.967 bits per heavy atom. The number of nitrogens with zero attached hydrogens (tertiary/aromatic N) is 1. The van der Waals surface area contributed by atoms with E-state index < -0.39 is 5.91 Å². The van der Waals surface area contributed by atoms with Crippen LogP contribution >= 0.6 is 23.2 Å². The number of fused-ring (bicyclic) bond motifs is 1. The minimum atomic E-state index is -0.522. The topological polar surface area (TPSA) is 66.0 Å². The smallest absolute Gasteiger partial charge is 0.266 e. The van der Waals surface area contributed by atoms with Gasteiger partial charge in [-0.05, 0) is 53.2 Å². The molecule has 0 fully saturated rings. The molecule has 0 aliphatic rings. The Labute approximate surface area is 183 Å². The van der Waals surface area contributed by atoms with E-state index in [9.17, 15) is 10.1 Å². The first-order valence-corrected chi connectivity index (χ1v) is 9.76. The predicted octanol–water partition coefficient (Wildman–Crippen LogP) is 6.95. The number of halogens is 2. The van der Waals surface area contributed by atoms with Crippen LogP contribution in [0, 0.1) is 11.3 Å². The van der Waals surface area contributed by atoms with Crippen molar-refractivity contribution in [3.8, 4) is 17.4 Å². The molecule has 30 heavy (non-hydrogen) atoms. The van der Waals surface area contributed by atoms with Crippen LogP contribution in [0.5, 0.6) is 0 Å². The van der Waals surface area contributed by atoms with Crippen molar-refractivity contribution < 1.29 is 9.21 Å². The molecule has 6 heteroatoms. The van der Waals surface area contributed by atoms with Gasteiger partial charge in [0.1, 0.15) is 23.2 Å². The van der Waals surface area contributed by atoms with Crippen LogP contribution in [0.15, 0.2) is 82.8 Å². The molecule has 4 rings (SSSR count). The zero-order valence-electron chi connectivity index (χ0n) is 15.5. The lowest BCUT2D eigenvalue weighted by Gasteiger charge is -2.06. The lowest BCUT2D eigenvalue weighted by molar-refractivity contribution is -0.112. The lowest BCUT2D eigenvalue weighted by Crippen LogP contribution is -2.13. The van der Waals surface area contributed by atoms with E-state index in [0.717, 1.165) is 10.8 Å². The largest absolute Gasteiger partial charge is 0.457 e. The van der Waals surface area contributed by atoms with Gasteiger partial charge in [0.05, 0.1) is 5.02 Å². The first-order valence-electron chi connectivity index (χ1n) is 9.01. The Hall–Kier alpha value is -3.52. The van der Waals surface area contributed by atoms with Crippen LogP contribution in [0.2, 0.25) is 10.0 Å². The van der Waals surface area contributed by atoms with Crippen LogP contribution in [0.3, 0.4) is 0 Å². The average Bonchev–Trinajstić information content (AvgIpc) is 3.22. The number of amides is 1. The first-order chi connectivity index (χ1) is 14.5. The highest BCUT2D eigenvalue weighted by atomic mass is 35.5. The van der Waals surface area contributed by atoms with Gasteiger partial charge >= 0.3 is 0 Å². The van der Waals surface area contributed by atoms with E-state index in [1.54, 1.807) is 36.4 Å². The maximum absolute atomic E-state index is 12.6. The summed E-state index contributed by atoms with van der Waals surface area (Å²) in [5, 5.41) is 15.3. The van der Waals surface area contributed by atoms with Gasteiger partial charge in [-0.2, -0.15) is 5.26 Å². The number of rotatable bonds is 4. The average molecular weight is 433 g/mol. The minimum absolute atomic E-state index is 0.0822. The Morgan fingerprint density at radius 2 is 1.77 bits per heavy atom. The van der Waals surface area contributed by atoms with Gasteiger partial charge in [-0.15, -0.1) is 0 Å². The van der Waals surface area contributed by atoms with Gasteiger partial charge in [-0.25, -0.2) is 0 Å². The van der Waals surface area contributed by atoms with Crippen molar-refractivity contribution >= 4 is 51.6 Å². The van der Waals surface area contributed by atoms with Gasteiger partial charge in [0, 0.05) is 22.3 Å². The van der Waals surface area contributed by atoms with E-state index >= 15 is 0 Å². The molecule has 0 aliphatic carbocycles. The van der Waals surface area contributed by atoms with Crippen molar-refractivity contribution in [1.82, 2.24) is 0 Å². The molecule has 0 bridgehead atoms. The number of hydrogen-bond donors (Lipinski definition) is 1. The molecule has 0 spiro atoms. The standard InChI is InChI=1S/C24H14Cl2N2O2/c25-18-6-9-22(26)21(13-18)23-10-8-20(30-23)12-17(14-27)24(29)28-19-7-5-15-3-1-2-4-16(15)11-19/h1-13H,(H,28,29). The molecule has 0 aliphatic heterocycles. The zero-order chi connectivity index (χ0) is 21.1. The third kappa shape index (κ3) is 4.23. The predicted molar refractivity (Wildman–Crippen MR) is 120 cm³/mol. The summed E-state index contributed by atoms with van der Waals surface area (Å²) in [4.78, 5) is 12.6. The quantitative estimate of drug-likeness (QED) is 0.280. The number of carbonyl (C=O) groups excluding carboxylic acids is 1. The Bertz CT molecular complexity index is 1330. The van der Waals surface area contributed by atoms with Crippen LogP contribution < -0.4 is 5.32 Å². The third-order valence-corrected chi connectivity index (χ3v) is 5.04. The summed E-state index contributed by atoms with van der Waals surface area (Å²) < 4.78 is 5.75. The lowest BCUT2D eigenvalue weighted by atomic mass is 10.1. The van der Waals surface area contributed by atoms with Gasteiger partial charge in [-0.3, -0.25) is 4.79 Å². The number of carbonyl (C=O) groups is 1. The molecule has 146 valence electrons. The van der Waals surface area contributed by atoms with Crippen LogP contribution in [-0.4, -0.2) is 5.91 Å².